The molecule has 2 fully saturated rings. The van der Waals surface area contributed by atoms with Gasteiger partial charge in [0.2, 0.25) is 0 Å². The first-order chi connectivity index (χ1) is 16.9. The molecule has 4 heterocycles. The molecule has 1 aliphatic carbocycles. The second-order valence-electron chi connectivity index (χ2n) is 9.54. The molecule has 1 saturated carbocycles. The fourth-order valence-corrected chi connectivity index (χ4v) is 4.63. The summed E-state index contributed by atoms with van der Waals surface area (Å²) in [5.41, 5.74) is 4.22. The number of rotatable bonds is 4. The van der Waals surface area contributed by atoms with Crippen molar-refractivity contribution in [3.63, 3.8) is 0 Å². The second-order valence-corrected chi connectivity index (χ2v) is 9.54. The van der Waals surface area contributed by atoms with E-state index in [1.807, 2.05) is 37.7 Å². The van der Waals surface area contributed by atoms with Gasteiger partial charge in [-0.2, -0.15) is 5.10 Å². The zero-order valence-electron chi connectivity index (χ0n) is 19.9. The molecule has 7 nitrogen and oxygen atoms in total. The molecule has 1 aromatic carbocycles. The van der Waals surface area contributed by atoms with Crippen molar-refractivity contribution < 1.29 is 13.5 Å². The van der Waals surface area contributed by atoms with Crippen molar-refractivity contribution in [2.45, 2.75) is 51.9 Å². The smallest absolute Gasteiger partial charge is 0.135 e. The SMILES string of the molecule is Cc1nc2cc(N3C[C@H](C)O[C@@H](c4cnn(C5CC5)c4)C3)nc(-c3ccc(F)cc3F)c2nc1C. The van der Waals surface area contributed by atoms with Crippen molar-refractivity contribution in [1.29, 1.82) is 0 Å². The number of pyridine rings is 1. The molecule has 0 unspecified atom stereocenters. The fourth-order valence-electron chi connectivity index (χ4n) is 4.63. The van der Waals surface area contributed by atoms with E-state index in [9.17, 15) is 8.78 Å². The number of ether oxygens (including phenoxy) is 1. The van der Waals surface area contributed by atoms with E-state index in [2.05, 4.69) is 21.2 Å². The molecule has 35 heavy (non-hydrogen) atoms. The van der Waals surface area contributed by atoms with Crippen molar-refractivity contribution >= 4 is 16.9 Å². The minimum atomic E-state index is -0.684. The molecule has 2 atom stereocenters. The Labute approximate surface area is 201 Å². The van der Waals surface area contributed by atoms with Gasteiger partial charge in [0.25, 0.3) is 0 Å². The van der Waals surface area contributed by atoms with Gasteiger partial charge in [-0.1, -0.05) is 0 Å². The van der Waals surface area contributed by atoms with Gasteiger partial charge < -0.3 is 9.64 Å². The summed E-state index contributed by atoms with van der Waals surface area (Å²) in [5, 5.41) is 4.52. The van der Waals surface area contributed by atoms with Crippen LogP contribution >= 0.6 is 0 Å². The number of aryl methyl sites for hydroxylation is 2. The maximum atomic E-state index is 14.9. The third-order valence-corrected chi connectivity index (χ3v) is 6.74. The molecule has 2 aliphatic rings. The molecule has 1 saturated heterocycles. The zero-order valence-corrected chi connectivity index (χ0v) is 19.9. The highest BCUT2D eigenvalue weighted by atomic mass is 19.1. The van der Waals surface area contributed by atoms with Gasteiger partial charge in [-0.05, 0) is 45.7 Å². The van der Waals surface area contributed by atoms with Crippen molar-refractivity contribution in [1.82, 2.24) is 24.7 Å². The van der Waals surface area contributed by atoms with Crippen LogP contribution in [-0.2, 0) is 4.74 Å². The average molecular weight is 477 g/mol. The van der Waals surface area contributed by atoms with Crippen LogP contribution in [0.15, 0.2) is 36.7 Å². The van der Waals surface area contributed by atoms with E-state index in [0.29, 0.717) is 41.7 Å². The van der Waals surface area contributed by atoms with Crippen molar-refractivity contribution in [2.24, 2.45) is 0 Å². The number of halogens is 2. The number of fused-ring (bicyclic) bond motifs is 1. The lowest BCUT2D eigenvalue weighted by molar-refractivity contribution is -0.0176. The average Bonchev–Trinajstić information content (AvgIpc) is 3.55. The van der Waals surface area contributed by atoms with Gasteiger partial charge in [-0.25, -0.2) is 23.7 Å². The standard InChI is InChI=1S/C26H26F2N6O/c1-14-11-33(13-23(35-14)17-10-29-34(12-17)19-5-6-19)24-9-22-26(31-16(3)15(2)30-22)25(32-24)20-7-4-18(27)8-21(20)28/h4,7-10,12,14,19,23H,5-6,11,13H2,1-3H3/t14-,23+/m0/s1. The molecule has 3 aromatic heterocycles. The highest BCUT2D eigenvalue weighted by Gasteiger charge is 2.31. The van der Waals surface area contributed by atoms with Crippen LogP contribution in [0.4, 0.5) is 14.6 Å². The highest BCUT2D eigenvalue weighted by molar-refractivity contribution is 5.91. The summed E-state index contributed by atoms with van der Waals surface area (Å²) in [6.45, 7) is 6.97. The summed E-state index contributed by atoms with van der Waals surface area (Å²) < 4.78 is 36.8. The van der Waals surface area contributed by atoms with E-state index in [0.717, 1.165) is 23.0 Å². The minimum absolute atomic E-state index is 0.0487. The molecule has 0 spiro atoms. The Morgan fingerprint density at radius 1 is 1.00 bits per heavy atom. The molecule has 0 bridgehead atoms. The van der Waals surface area contributed by atoms with Crippen LogP contribution in [0.1, 0.15) is 48.9 Å². The summed E-state index contributed by atoms with van der Waals surface area (Å²) in [6, 6.07) is 5.90. The molecule has 0 radical (unpaired) electrons. The van der Waals surface area contributed by atoms with Crippen molar-refractivity contribution in [3.05, 3.63) is 65.2 Å². The molecule has 9 heteroatoms. The van der Waals surface area contributed by atoms with E-state index < -0.39 is 11.6 Å². The Hall–Kier alpha value is -3.46. The van der Waals surface area contributed by atoms with Gasteiger partial charge in [0.1, 0.15) is 34.8 Å². The van der Waals surface area contributed by atoms with Crippen LogP contribution in [0.3, 0.4) is 0 Å². The zero-order chi connectivity index (χ0) is 24.3. The topological polar surface area (TPSA) is 69.0 Å². The number of morpholine rings is 1. The van der Waals surface area contributed by atoms with Crippen LogP contribution in [-0.4, -0.2) is 43.9 Å². The second kappa shape index (κ2) is 8.34. The van der Waals surface area contributed by atoms with Crippen molar-refractivity contribution in [2.75, 3.05) is 18.0 Å². The first-order valence-electron chi connectivity index (χ1n) is 11.9. The maximum Gasteiger partial charge on any atom is 0.135 e. The molecule has 0 amide bonds. The maximum absolute atomic E-state index is 14.9. The van der Waals surface area contributed by atoms with Crippen LogP contribution < -0.4 is 4.90 Å². The monoisotopic (exact) mass is 476 g/mol. The Morgan fingerprint density at radius 3 is 2.57 bits per heavy atom. The molecule has 6 rings (SSSR count). The van der Waals surface area contributed by atoms with Gasteiger partial charge in [-0.15, -0.1) is 0 Å². The Kier molecular flexibility index (Phi) is 5.25. The quantitative estimate of drug-likeness (QED) is 0.409. The molecule has 1 aliphatic heterocycles. The number of benzene rings is 1. The largest absolute Gasteiger partial charge is 0.367 e. The summed E-state index contributed by atoms with van der Waals surface area (Å²) in [7, 11) is 0. The Bertz CT molecular complexity index is 1430. The lowest BCUT2D eigenvalue weighted by atomic mass is 10.1. The number of anilines is 1. The van der Waals surface area contributed by atoms with Gasteiger partial charge in [0, 0.05) is 36.0 Å². The molecule has 4 aromatic rings. The van der Waals surface area contributed by atoms with E-state index >= 15 is 0 Å². The summed E-state index contributed by atoms with van der Waals surface area (Å²) in [5.74, 6) is -0.665. The third kappa shape index (κ3) is 4.14. The van der Waals surface area contributed by atoms with E-state index in [1.54, 1.807) is 0 Å². The molecular formula is C26H26F2N6O. The van der Waals surface area contributed by atoms with Gasteiger partial charge in [0.15, 0.2) is 0 Å². The minimum Gasteiger partial charge on any atom is -0.367 e. The lowest BCUT2D eigenvalue weighted by Gasteiger charge is -2.37. The third-order valence-electron chi connectivity index (χ3n) is 6.74. The Balaban J connectivity index is 1.43. The van der Waals surface area contributed by atoms with Crippen LogP contribution in [0.2, 0.25) is 0 Å². The van der Waals surface area contributed by atoms with E-state index in [4.69, 9.17) is 14.7 Å². The van der Waals surface area contributed by atoms with Crippen LogP contribution in [0, 0.1) is 25.5 Å². The van der Waals surface area contributed by atoms with Crippen LogP contribution in [0.25, 0.3) is 22.3 Å². The van der Waals surface area contributed by atoms with Gasteiger partial charge >= 0.3 is 0 Å². The summed E-state index contributed by atoms with van der Waals surface area (Å²) in [4.78, 5) is 16.4. The number of hydrogen-bond donors (Lipinski definition) is 0. The summed E-state index contributed by atoms with van der Waals surface area (Å²) >= 11 is 0. The first-order valence-corrected chi connectivity index (χ1v) is 11.9. The van der Waals surface area contributed by atoms with Crippen molar-refractivity contribution in [3.8, 4) is 11.3 Å². The van der Waals surface area contributed by atoms with Crippen LogP contribution in [0.5, 0.6) is 0 Å². The normalized spacial score (nSPS) is 20.5. The number of aromatic nitrogens is 5. The fraction of sp³-hybridized carbons (Fsp3) is 0.385. The molecular weight excluding hydrogens is 450 g/mol. The van der Waals surface area contributed by atoms with Gasteiger partial charge in [0.05, 0.1) is 41.8 Å². The van der Waals surface area contributed by atoms with E-state index in [-0.39, 0.29) is 17.8 Å². The Morgan fingerprint density at radius 2 is 1.80 bits per heavy atom. The predicted octanol–water partition coefficient (Wildman–Crippen LogP) is 5.08. The number of nitrogens with zero attached hydrogens (tertiary/aromatic N) is 6. The lowest BCUT2D eigenvalue weighted by Crippen LogP contribution is -2.43. The molecule has 0 N–H and O–H groups in total. The van der Waals surface area contributed by atoms with E-state index in [1.165, 1.54) is 25.0 Å². The highest BCUT2D eigenvalue weighted by Crippen LogP contribution is 2.37. The molecule has 180 valence electrons. The predicted molar refractivity (Wildman–Crippen MR) is 128 cm³/mol. The number of hydrogen-bond acceptors (Lipinski definition) is 6. The summed E-state index contributed by atoms with van der Waals surface area (Å²) in [6.07, 6.45) is 6.07. The van der Waals surface area contributed by atoms with Gasteiger partial charge in [-0.3, -0.25) is 4.68 Å². The first kappa shape index (κ1) is 22.0.